The molecule has 1 aromatic carbocycles. The highest BCUT2D eigenvalue weighted by Crippen LogP contribution is 2.42. The number of hydrogen-bond donors (Lipinski definition) is 4. The van der Waals surface area contributed by atoms with Crippen LogP contribution in [-0.2, 0) is 23.2 Å². The highest BCUT2D eigenvalue weighted by Gasteiger charge is 2.22. The Balaban J connectivity index is 1.43. The van der Waals surface area contributed by atoms with Gasteiger partial charge in [0.25, 0.3) is 10.2 Å². The van der Waals surface area contributed by atoms with Crippen LogP contribution in [-0.4, -0.2) is 54.2 Å². The van der Waals surface area contributed by atoms with Gasteiger partial charge in [0.1, 0.15) is 17.8 Å². The number of fused-ring (bicyclic) bond motifs is 2. The number of benzene rings is 1. The minimum absolute atomic E-state index is 0.184. The van der Waals surface area contributed by atoms with Crippen LogP contribution in [0.15, 0.2) is 51.3 Å². The van der Waals surface area contributed by atoms with Crippen molar-refractivity contribution >= 4 is 39.0 Å². The molecule has 0 saturated carbocycles. The summed E-state index contributed by atoms with van der Waals surface area (Å²) < 4.78 is 37.7. The van der Waals surface area contributed by atoms with E-state index in [0.717, 1.165) is 34.0 Å². The maximum Gasteiger partial charge on any atom is 0.274 e. The van der Waals surface area contributed by atoms with Gasteiger partial charge in [-0.1, -0.05) is 11.8 Å². The predicted octanol–water partition coefficient (Wildman–Crippen LogP) is 1.14. The first-order chi connectivity index (χ1) is 16.9. The fourth-order valence-electron chi connectivity index (χ4n) is 3.82. The van der Waals surface area contributed by atoms with E-state index in [9.17, 15) is 8.42 Å². The summed E-state index contributed by atoms with van der Waals surface area (Å²) in [4.78, 5) is 14.2. The molecule has 4 heterocycles. The molecular weight excluding hydrogens is 492 g/mol. The van der Waals surface area contributed by atoms with Crippen LogP contribution in [0.1, 0.15) is 5.56 Å². The maximum absolute atomic E-state index is 11.0. The van der Waals surface area contributed by atoms with Gasteiger partial charge >= 0.3 is 0 Å². The zero-order valence-corrected chi connectivity index (χ0v) is 20.2. The molecule has 0 saturated heterocycles. The second kappa shape index (κ2) is 9.83. The van der Waals surface area contributed by atoms with Crippen LogP contribution in [0.3, 0.4) is 0 Å². The van der Waals surface area contributed by atoms with Gasteiger partial charge in [-0.3, -0.25) is 0 Å². The third-order valence-electron chi connectivity index (χ3n) is 5.42. The number of ether oxygens (including phenoxy) is 1. The molecule has 14 heteroatoms. The van der Waals surface area contributed by atoms with Crippen molar-refractivity contribution in [1.82, 2.24) is 29.6 Å². The number of rotatable bonds is 10. The van der Waals surface area contributed by atoms with Gasteiger partial charge in [-0.2, -0.15) is 8.42 Å². The fourth-order valence-corrected chi connectivity index (χ4v) is 5.30. The van der Waals surface area contributed by atoms with Crippen molar-refractivity contribution in [2.24, 2.45) is 5.14 Å². The fraction of sp³-hybridized carbons (Fsp3) is 0.286. The zero-order chi connectivity index (χ0) is 24.4. The van der Waals surface area contributed by atoms with E-state index in [2.05, 4.69) is 26.1 Å². The second-order valence-electron chi connectivity index (χ2n) is 7.80. The molecule has 1 aliphatic heterocycles. The number of anilines is 1. The summed E-state index contributed by atoms with van der Waals surface area (Å²) in [6, 6.07) is 7.87. The number of hydrogen-bond acceptors (Lipinski definition) is 10. The van der Waals surface area contributed by atoms with Gasteiger partial charge in [-0.05, 0) is 29.8 Å². The first-order valence-electron chi connectivity index (χ1n) is 10.9. The Bertz CT molecular complexity index is 1450. The number of nitrogens with two attached hydrogens (primary N) is 2. The second-order valence-corrected chi connectivity index (χ2v) is 10.2. The van der Waals surface area contributed by atoms with Crippen LogP contribution >= 0.6 is 11.8 Å². The van der Waals surface area contributed by atoms with Crippen LogP contribution in [0.4, 0.5) is 5.82 Å². The van der Waals surface area contributed by atoms with E-state index in [1.54, 1.807) is 6.26 Å². The minimum Gasteiger partial charge on any atom is -0.493 e. The summed E-state index contributed by atoms with van der Waals surface area (Å²) in [6.07, 6.45) is 3.89. The summed E-state index contributed by atoms with van der Waals surface area (Å²) in [5, 5.41) is 8.84. The maximum atomic E-state index is 11.0. The molecule has 4 aromatic rings. The molecule has 5 rings (SSSR count). The summed E-state index contributed by atoms with van der Waals surface area (Å²) in [5.41, 5.74) is 9.27. The van der Waals surface area contributed by atoms with Crippen molar-refractivity contribution in [2.45, 2.75) is 23.0 Å². The Hall–Kier alpha value is -3.17. The van der Waals surface area contributed by atoms with E-state index in [1.165, 1.54) is 18.1 Å². The Morgan fingerprint density at radius 2 is 2.09 bits per heavy atom. The van der Waals surface area contributed by atoms with Gasteiger partial charge in [0, 0.05) is 43.1 Å². The third kappa shape index (κ3) is 5.26. The van der Waals surface area contributed by atoms with Crippen molar-refractivity contribution in [3.8, 4) is 17.1 Å². The van der Waals surface area contributed by atoms with Crippen LogP contribution < -0.4 is 25.6 Å². The molecule has 35 heavy (non-hydrogen) atoms. The topological polar surface area (TPSA) is 176 Å². The van der Waals surface area contributed by atoms with Gasteiger partial charge < -0.3 is 24.8 Å². The van der Waals surface area contributed by atoms with Crippen molar-refractivity contribution < 1.29 is 17.6 Å². The van der Waals surface area contributed by atoms with E-state index in [1.807, 2.05) is 22.8 Å². The molecule has 0 fully saturated rings. The van der Waals surface area contributed by atoms with Crippen LogP contribution in [0.5, 0.6) is 5.75 Å². The Kier molecular flexibility index (Phi) is 6.62. The number of aromatic nitrogens is 4. The molecule has 6 N–H and O–H groups in total. The lowest BCUT2D eigenvalue weighted by Gasteiger charge is -2.12. The molecule has 0 unspecified atom stereocenters. The lowest BCUT2D eigenvalue weighted by Crippen LogP contribution is -2.36. The van der Waals surface area contributed by atoms with Crippen molar-refractivity contribution in [1.29, 1.82) is 0 Å². The molecule has 184 valence electrons. The molecular formula is C21H24N8O4S2. The van der Waals surface area contributed by atoms with Gasteiger partial charge in [0.05, 0.1) is 12.9 Å². The van der Waals surface area contributed by atoms with Gasteiger partial charge in [0.2, 0.25) is 0 Å². The molecule has 0 aliphatic carbocycles. The first-order valence-corrected chi connectivity index (χ1v) is 13.2. The van der Waals surface area contributed by atoms with Gasteiger partial charge in [0.15, 0.2) is 22.1 Å². The van der Waals surface area contributed by atoms with E-state index in [4.69, 9.17) is 25.0 Å². The van der Waals surface area contributed by atoms with E-state index < -0.39 is 10.2 Å². The third-order valence-corrected chi connectivity index (χ3v) is 7.08. The SMILES string of the molecule is Nc1ncnc2c1nc(Sc1cc3c(cc1-c1ccco1)OCC3)n2CCNCCNS(N)(=O)=O. The molecule has 3 aromatic heterocycles. The highest BCUT2D eigenvalue weighted by atomic mass is 32.2. The summed E-state index contributed by atoms with van der Waals surface area (Å²) in [7, 11) is -3.71. The van der Waals surface area contributed by atoms with E-state index >= 15 is 0 Å². The lowest BCUT2D eigenvalue weighted by molar-refractivity contribution is 0.357. The first kappa shape index (κ1) is 23.6. The molecule has 0 atom stereocenters. The Morgan fingerprint density at radius 1 is 1.20 bits per heavy atom. The number of nitrogen functional groups attached to an aromatic ring is 1. The Labute approximate surface area is 205 Å². The molecule has 0 amide bonds. The Morgan fingerprint density at radius 3 is 2.89 bits per heavy atom. The number of furan rings is 1. The molecule has 0 radical (unpaired) electrons. The van der Waals surface area contributed by atoms with Gasteiger partial charge in [-0.15, -0.1) is 0 Å². The molecule has 0 spiro atoms. The van der Waals surface area contributed by atoms with Crippen molar-refractivity contribution in [3.63, 3.8) is 0 Å². The molecule has 1 aliphatic rings. The van der Waals surface area contributed by atoms with E-state index in [-0.39, 0.29) is 6.54 Å². The zero-order valence-electron chi connectivity index (χ0n) is 18.6. The summed E-state index contributed by atoms with van der Waals surface area (Å²) >= 11 is 1.49. The smallest absolute Gasteiger partial charge is 0.274 e. The standard InChI is InChI=1S/C21H24N8O4S2/c22-19-18-20(26-12-25-19)29(7-6-24-4-5-27-35(23,30)31)21(28-18)34-17-10-13-3-9-33-16(13)11-14(17)15-2-1-8-32-15/h1-2,8,10-12,24,27H,3-7,9H2,(H2,22,25,26)(H2,23,30,31). The lowest BCUT2D eigenvalue weighted by atomic mass is 10.1. The summed E-state index contributed by atoms with van der Waals surface area (Å²) in [6.45, 7) is 2.31. The van der Waals surface area contributed by atoms with Crippen LogP contribution in [0, 0.1) is 0 Å². The monoisotopic (exact) mass is 516 g/mol. The average molecular weight is 517 g/mol. The van der Waals surface area contributed by atoms with Crippen LogP contribution in [0.2, 0.25) is 0 Å². The van der Waals surface area contributed by atoms with Gasteiger partial charge in [-0.25, -0.2) is 24.8 Å². The quantitative estimate of drug-likeness (QED) is 0.224. The number of nitrogens with zero attached hydrogens (tertiary/aromatic N) is 4. The number of nitrogens with one attached hydrogen (secondary N) is 2. The van der Waals surface area contributed by atoms with Crippen molar-refractivity contribution in [2.75, 3.05) is 32.0 Å². The van der Waals surface area contributed by atoms with Crippen LogP contribution in [0.25, 0.3) is 22.5 Å². The summed E-state index contributed by atoms with van der Waals surface area (Å²) in [5.74, 6) is 1.90. The number of imidazole rings is 1. The molecule has 12 nitrogen and oxygen atoms in total. The minimum atomic E-state index is -3.71. The largest absolute Gasteiger partial charge is 0.493 e. The predicted molar refractivity (Wildman–Crippen MR) is 131 cm³/mol. The van der Waals surface area contributed by atoms with Crippen molar-refractivity contribution in [3.05, 3.63) is 42.4 Å². The average Bonchev–Trinajstić information content (AvgIpc) is 3.56. The van der Waals surface area contributed by atoms with E-state index in [0.29, 0.717) is 48.4 Å². The highest BCUT2D eigenvalue weighted by molar-refractivity contribution is 7.99. The molecule has 0 bridgehead atoms. The normalized spacial score (nSPS) is 13.3.